The van der Waals surface area contributed by atoms with Crippen molar-refractivity contribution in [1.29, 1.82) is 0 Å². The highest BCUT2D eigenvalue weighted by molar-refractivity contribution is 7.92. The maximum Gasteiger partial charge on any atom is 0.261 e. The van der Waals surface area contributed by atoms with E-state index in [9.17, 15) is 17.6 Å². The van der Waals surface area contributed by atoms with Crippen LogP contribution in [0.25, 0.3) is 10.2 Å². The van der Waals surface area contributed by atoms with Crippen molar-refractivity contribution in [1.82, 2.24) is 4.98 Å². The number of benzene rings is 3. The molecule has 4 rings (SSSR count). The molecule has 0 bridgehead atoms. The largest absolute Gasteiger partial charge is 0.298 e. The van der Waals surface area contributed by atoms with Gasteiger partial charge in [0.15, 0.2) is 5.13 Å². The minimum atomic E-state index is -3.93. The maximum absolute atomic E-state index is 13.1. The molecule has 0 aliphatic carbocycles. The van der Waals surface area contributed by atoms with Crippen molar-refractivity contribution >= 4 is 59.9 Å². The highest BCUT2D eigenvalue weighted by Crippen LogP contribution is 2.32. The van der Waals surface area contributed by atoms with Crippen molar-refractivity contribution in [3.05, 3.63) is 82.6 Å². The van der Waals surface area contributed by atoms with Crippen LogP contribution in [0.5, 0.6) is 0 Å². The molecule has 3 aromatic carbocycles. The summed E-state index contributed by atoms with van der Waals surface area (Å²) in [4.78, 5) is 17.0. The topological polar surface area (TPSA) is 88.2 Å². The number of carbonyl (C=O) groups is 1. The molecule has 4 aromatic rings. The summed E-state index contributed by atoms with van der Waals surface area (Å²) in [7, 11) is -3.93. The Balaban J connectivity index is 1.54. The lowest BCUT2D eigenvalue weighted by Gasteiger charge is -2.09. The van der Waals surface area contributed by atoms with Gasteiger partial charge in [-0.15, -0.1) is 0 Å². The zero-order chi connectivity index (χ0) is 22.2. The molecule has 0 saturated heterocycles. The van der Waals surface area contributed by atoms with Gasteiger partial charge in [-0.1, -0.05) is 29.0 Å². The molecule has 10 heteroatoms. The molecule has 158 valence electrons. The van der Waals surface area contributed by atoms with Crippen molar-refractivity contribution in [2.45, 2.75) is 11.8 Å². The quantitative estimate of drug-likeness (QED) is 0.401. The van der Waals surface area contributed by atoms with E-state index in [1.165, 1.54) is 23.5 Å². The fourth-order valence-electron chi connectivity index (χ4n) is 2.88. The number of amides is 1. The number of hydrogen-bond donors (Lipinski definition) is 2. The lowest BCUT2D eigenvalue weighted by molar-refractivity contribution is 0.102. The van der Waals surface area contributed by atoms with Crippen LogP contribution in [0.2, 0.25) is 5.02 Å². The fraction of sp³-hybridized carbons (Fsp3) is 0.0476. The average Bonchev–Trinajstić information content (AvgIpc) is 3.14. The van der Waals surface area contributed by atoms with Gasteiger partial charge in [0.25, 0.3) is 15.9 Å². The van der Waals surface area contributed by atoms with E-state index in [0.29, 0.717) is 15.7 Å². The predicted molar refractivity (Wildman–Crippen MR) is 121 cm³/mol. The van der Waals surface area contributed by atoms with Gasteiger partial charge in [-0.25, -0.2) is 17.8 Å². The van der Waals surface area contributed by atoms with E-state index in [2.05, 4.69) is 15.0 Å². The van der Waals surface area contributed by atoms with Crippen LogP contribution in [-0.2, 0) is 10.0 Å². The third-order valence-electron chi connectivity index (χ3n) is 4.47. The van der Waals surface area contributed by atoms with Crippen molar-refractivity contribution in [3.63, 3.8) is 0 Å². The number of hydrogen-bond acceptors (Lipinski definition) is 5. The van der Waals surface area contributed by atoms with Gasteiger partial charge in [0.05, 0.1) is 15.1 Å². The summed E-state index contributed by atoms with van der Waals surface area (Å²) in [5, 5.41) is 3.73. The second-order valence-electron chi connectivity index (χ2n) is 6.63. The van der Waals surface area contributed by atoms with E-state index in [0.717, 1.165) is 34.5 Å². The van der Waals surface area contributed by atoms with E-state index in [1.807, 2.05) is 13.0 Å². The van der Waals surface area contributed by atoms with Crippen LogP contribution in [0.4, 0.5) is 15.2 Å². The summed E-state index contributed by atoms with van der Waals surface area (Å²) < 4.78 is 41.3. The van der Waals surface area contributed by atoms with Crippen LogP contribution < -0.4 is 10.0 Å². The number of nitrogens with zero attached hydrogens (tertiary/aromatic N) is 1. The number of thiazole rings is 1. The van der Waals surface area contributed by atoms with Crippen LogP contribution >= 0.6 is 22.9 Å². The number of aromatic nitrogens is 1. The van der Waals surface area contributed by atoms with Gasteiger partial charge in [0.1, 0.15) is 5.82 Å². The first kappa shape index (κ1) is 21.2. The number of fused-ring (bicyclic) bond motifs is 1. The summed E-state index contributed by atoms with van der Waals surface area (Å²) in [5.74, 6) is -0.976. The molecule has 1 amide bonds. The Bertz CT molecular complexity index is 1400. The molecule has 0 aliphatic rings. The Morgan fingerprint density at radius 3 is 2.58 bits per heavy atom. The number of halogens is 2. The maximum atomic E-state index is 13.1. The molecule has 6 nitrogen and oxygen atoms in total. The number of sulfonamides is 1. The van der Waals surface area contributed by atoms with E-state index in [1.54, 1.807) is 18.2 Å². The summed E-state index contributed by atoms with van der Waals surface area (Å²) in [6.07, 6.45) is 0. The van der Waals surface area contributed by atoms with Crippen molar-refractivity contribution in [2.75, 3.05) is 10.0 Å². The standard InChI is InChI=1S/C21H15ClFN3O3S2/c1-12-17(22)9-10-18-19(12)24-21(30-18)25-20(27)13-3-2-4-15(11-13)26-31(28,29)16-7-5-14(23)6-8-16/h2-11,26H,1H3,(H,24,25,27). The Morgan fingerprint density at radius 1 is 1.10 bits per heavy atom. The first-order valence-corrected chi connectivity index (χ1v) is 11.7. The highest BCUT2D eigenvalue weighted by atomic mass is 35.5. The van der Waals surface area contributed by atoms with Crippen molar-refractivity contribution in [2.24, 2.45) is 0 Å². The number of anilines is 2. The Hall–Kier alpha value is -3.01. The molecule has 0 fully saturated rings. The molecular formula is C21H15ClFN3O3S2. The minimum Gasteiger partial charge on any atom is -0.298 e. The number of rotatable bonds is 5. The molecule has 1 aromatic heterocycles. The zero-order valence-electron chi connectivity index (χ0n) is 16.0. The van der Waals surface area contributed by atoms with Gasteiger partial charge in [-0.2, -0.15) is 0 Å². The number of nitrogens with one attached hydrogen (secondary N) is 2. The van der Waals surface area contributed by atoms with Crippen LogP contribution in [-0.4, -0.2) is 19.3 Å². The van der Waals surface area contributed by atoms with Gasteiger partial charge >= 0.3 is 0 Å². The Kier molecular flexibility index (Phi) is 5.65. The van der Waals surface area contributed by atoms with Gasteiger partial charge in [-0.3, -0.25) is 14.8 Å². The molecule has 0 saturated carbocycles. The summed E-state index contributed by atoms with van der Waals surface area (Å²) >= 11 is 7.44. The smallest absolute Gasteiger partial charge is 0.261 e. The first-order chi connectivity index (χ1) is 14.7. The Labute approximate surface area is 186 Å². The van der Waals surface area contributed by atoms with Crippen molar-refractivity contribution in [3.8, 4) is 0 Å². The van der Waals surface area contributed by atoms with E-state index in [-0.39, 0.29) is 16.1 Å². The summed E-state index contributed by atoms with van der Waals surface area (Å²) in [6, 6.07) is 14.1. The SMILES string of the molecule is Cc1c(Cl)ccc2sc(NC(=O)c3cccc(NS(=O)(=O)c4ccc(F)cc4)c3)nc12. The van der Waals surface area contributed by atoms with Gasteiger partial charge in [0, 0.05) is 16.3 Å². The number of carbonyl (C=O) groups excluding carboxylic acids is 1. The number of aryl methyl sites for hydroxylation is 1. The van der Waals surface area contributed by atoms with E-state index < -0.39 is 21.7 Å². The lowest BCUT2D eigenvalue weighted by atomic mass is 10.2. The molecule has 31 heavy (non-hydrogen) atoms. The second kappa shape index (κ2) is 8.26. The highest BCUT2D eigenvalue weighted by Gasteiger charge is 2.16. The third-order valence-corrected chi connectivity index (χ3v) is 7.21. The third kappa shape index (κ3) is 4.53. The van der Waals surface area contributed by atoms with Crippen molar-refractivity contribution < 1.29 is 17.6 Å². The zero-order valence-corrected chi connectivity index (χ0v) is 18.4. The van der Waals surface area contributed by atoms with Crippen LogP contribution in [0.3, 0.4) is 0 Å². The van der Waals surface area contributed by atoms with E-state index in [4.69, 9.17) is 11.6 Å². The molecule has 0 spiro atoms. The minimum absolute atomic E-state index is 0.0905. The fourth-order valence-corrected chi connectivity index (χ4v) is 5.00. The molecule has 2 N–H and O–H groups in total. The average molecular weight is 476 g/mol. The van der Waals surface area contributed by atoms with Crippen LogP contribution in [0, 0.1) is 12.7 Å². The van der Waals surface area contributed by atoms with Crippen LogP contribution in [0.15, 0.2) is 65.6 Å². The van der Waals surface area contributed by atoms with Gasteiger partial charge in [-0.05, 0) is 67.1 Å². The van der Waals surface area contributed by atoms with Gasteiger partial charge in [0.2, 0.25) is 0 Å². The second-order valence-corrected chi connectivity index (χ2v) is 9.75. The summed E-state index contributed by atoms with van der Waals surface area (Å²) in [5.41, 5.74) is 1.99. The molecule has 0 unspecified atom stereocenters. The molecule has 1 heterocycles. The van der Waals surface area contributed by atoms with E-state index >= 15 is 0 Å². The predicted octanol–water partition coefficient (Wildman–Crippen LogP) is 5.45. The summed E-state index contributed by atoms with van der Waals surface area (Å²) in [6.45, 7) is 1.85. The Morgan fingerprint density at radius 2 is 1.84 bits per heavy atom. The monoisotopic (exact) mass is 475 g/mol. The molecule has 0 aliphatic heterocycles. The van der Waals surface area contributed by atoms with Crippen LogP contribution in [0.1, 0.15) is 15.9 Å². The lowest BCUT2D eigenvalue weighted by Crippen LogP contribution is -2.15. The molecule has 0 radical (unpaired) electrons. The van der Waals surface area contributed by atoms with Gasteiger partial charge < -0.3 is 0 Å². The molecule has 0 atom stereocenters. The first-order valence-electron chi connectivity index (χ1n) is 8.98. The normalized spacial score (nSPS) is 11.5. The molecular weight excluding hydrogens is 461 g/mol.